The van der Waals surface area contributed by atoms with Gasteiger partial charge >= 0.3 is 0 Å². The molecule has 19 heavy (non-hydrogen) atoms. The van der Waals surface area contributed by atoms with E-state index in [-0.39, 0.29) is 5.84 Å². The minimum Gasteiger partial charge on any atom is -0.409 e. The molecule has 0 radical (unpaired) electrons. The fourth-order valence-corrected chi connectivity index (χ4v) is 2.67. The molecule has 0 spiro atoms. The molecule has 0 amide bonds. The molecule has 0 aromatic carbocycles. The molecule has 2 aromatic heterocycles. The van der Waals surface area contributed by atoms with E-state index in [1.807, 2.05) is 13.0 Å². The van der Waals surface area contributed by atoms with Crippen molar-refractivity contribution in [3.05, 3.63) is 23.0 Å². The Kier molecular flexibility index (Phi) is 3.65. The predicted molar refractivity (Wildman–Crippen MR) is 69.1 cm³/mol. The van der Waals surface area contributed by atoms with E-state index < -0.39 is 0 Å². The van der Waals surface area contributed by atoms with Crippen molar-refractivity contribution in [3.8, 4) is 0 Å². The van der Waals surface area contributed by atoms with Gasteiger partial charge in [0.05, 0.1) is 5.56 Å². The highest BCUT2D eigenvalue weighted by atomic mass is 32.2. The van der Waals surface area contributed by atoms with Gasteiger partial charge in [0.2, 0.25) is 5.16 Å². The Hall–Kier alpha value is -2.16. The molecule has 3 N–H and O–H groups in total. The van der Waals surface area contributed by atoms with Crippen molar-refractivity contribution in [2.24, 2.45) is 17.9 Å². The topological polar surface area (TPSA) is 115 Å². The normalized spacial score (nSPS) is 11.8. The minimum atomic E-state index is 0.0163. The molecule has 0 aliphatic heterocycles. The summed E-state index contributed by atoms with van der Waals surface area (Å²) in [5, 5.41) is 23.8. The quantitative estimate of drug-likeness (QED) is 0.363. The van der Waals surface area contributed by atoms with Crippen molar-refractivity contribution >= 4 is 17.6 Å². The van der Waals surface area contributed by atoms with Crippen molar-refractivity contribution in [2.75, 3.05) is 0 Å². The smallest absolute Gasteiger partial charge is 0.213 e. The van der Waals surface area contributed by atoms with Gasteiger partial charge in [-0.1, -0.05) is 5.16 Å². The summed E-state index contributed by atoms with van der Waals surface area (Å²) in [6.07, 6.45) is 0. The number of amidine groups is 1. The summed E-state index contributed by atoms with van der Waals surface area (Å²) in [7, 11) is 1.74. The molecule has 0 saturated heterocycles. The van der Waals surface area contributed by atoms with E-state index in [9.17, 15) is 0 Å². The van der Waals surface area contributed by atoms with Crippen LogP contribution in [0.3, 0.4) is 0 Å². The lowest BCUT2D eigenvalue weighted by Crippen LogP contribution is -2.17. The largest absolute Gasteiger partial charge is 0.409 e. The van der Waals surface area contributed by atoms with Crippen molar-refractivity contribution < 1.29 is 5.21 Å². The Morgan fingerprint density at radius 3 is 2.79 bits per heavy atom. The predicted octanol–water partition coefficient (Wildman–Crippen LogP) is 0.468. The van der Waals surface area contributed by atoms with Crippen LogP contribution in [0.15, 0.2) is 21.3 Å². The maximum atomic E-state index is 8.87. The number of oxime groups is 1. The van der Waals surface area contributed by atoms with Crippen molar-refractivity contribution in [3.63, 3.8) is 0 Å². The SMILES string of the molecule is Cc1cc(Sc2nnnn2C)c(/C(N)=N/O)c(C)n1. The van der Waals surface area contributed by atoms with Gasteiger partial charge in [-0.3, -0.25) is 4.98 Å². The van der Waals surface area contributed by atoms with E-state index in [1.165, 1.54) is 11.8 Å². The second kappa shape index (κ2) is 5.22. The second-order valence-corrected chi connectivity index (χ2v) is 4.90. The Morgan fingerprint density at radius 1 is 1.47 bits per heavy atom. The number of tetrazole rings is 1. The number of nitrogens with zero attached hydrogens (tertiary/aromatic N) is 6. The Bertz CT molecular complexity index is 637. The van der Waals surface area contributed by atoms with Gasteiger partial charge in [0.25, 0.3) is 0 Å². The Balaban J connectivity index is 2.52. The molecule has 9 heteroatoms. The van der Waals surface area contributed by atoms with Gasteiger partial charge in [-0.15, -0.1) is 5.10 Å². The van der Waals surface area contributed by atoms with Crippen LogP contribution in [0.2, 0.25) is 0 Å². The lowest BCUT2D eigenvalue weighted by Gasteiger charge is -2.10. The molecule has 0 fully saturated rings. The maximum absolute atomic E-state index is 8.87. The van der Waals surface area contributed by atoms with Gasteiger partial charge in [-0.25, -0.2) is 4.68 Å². The third kappa shape index (κ3) is 2.65. The third-order valence-electron chi connectivity index (χ3n) is 2.44. The lowest BCUT2D eigenvalue weighted by molar-refractivity contribution is 0.318. The van der Waals surface area contributed by atoms with Crippen molar-refractivity contribution in [1.29, 1.82) is 0 Å². The molecule has 0 bridgehead atoms. The third-order valence-corrected chi connectivity index (χ3v) is 3.51. The Labute approximate surface area is 113 Å². The number of rotatable bonds is 3. The van der Waals surface area contributed by atoms with Gasteiger partial charge in [-0.2, -0.15) is 0 Å². The fraction of sp³-hybridized carbons (Fsp3) is 0.300. The van der Waals surface area contributed by atoms with Crippen LogP contribution in [0.25, 0.3) is 0 Å². The first-order chi connectivity index (χ1) is 9.02. The molecular weight excluding hydrogens is 266 g/mol. The average Bonchev–Trinajstić information content (AvgIpc) is 2.73. The van der Waals surface area contributed by atoms with Crippen LogP contribution < -0.4 is 5.73 Å². The molecule has 0 saturated carbocycles. The highest BCUT2D eigenvalue weighted by Crippen LogP contribution is 2.30. The van der Waals surface area contributed by atoms with Crippen molar-refractivity contribution in [2.45, 2.75) is 23.9 Å². The first-order valence-corrected chi connectivity index (χ1v) is 6.21. The van der Waals surface area contributed by atoms with E-state index in [1.54, 1.807) is 18.7 Å². The molecule has 8 nitrogen and oxygen atoms in total. The number of aromatic nitrogens is 5. The molecule has 2 aromatic rings. The molecule has 2 heterocycles. The average molecular weight is 279 g/mol. The molecule has 0 aliphatic carbocycles. The summed E-state index contributed by atoms with van der Waals surface area (Å²) in [6, 6.07) is 1.85. The summed E-state index contributed by atoms with van der Waals surface area (Å²) in [5.41, 5.74) is 7.81. The summed E-state index contributed by atoms with van der Waals surface area (Å²) in [5.74, 6) is 0.0163. The van der Waals surface area contributed by atoms with Crippen LogP contribution in [0, 0.1) is 13.8 Å². The van der Waals surface area contributed by atoms with Gasteiger partial charge < -0.3 is 10.9 Å². The number of nitrogens with two attached hydrogens (primary N) is 1. The number of hydrogen-bond acceptors (Lipinski definition) is 7. The number of aryl methyl sites for hydroxylation is 3. The highest BCUT2D eigenvalue weighted by molar-refractivity contribution is 7.99. The Morgan fingerprint density at radius 2 is 2.21 bits per heavy atom. The monoisotopic (exact) mass is 279 g/mol. The summed E-state index contributed by atoms with van der Waals surface area (Å²) >= 11 is 1.33. The van der Waals surface area contributed by atoms with E-state index in [2.05, 4.69) is 25.7 Å². The van der Waals surface area contributed by atoms with E-state index in [0.717, 1.165) is 10.6 Å². The van der Waals surface area contributed by atoms with E-state index in [0.29, 0.717) is 16.4 Å². The van der Waals surface area contributed by atoms with Crippen molar-refractivity contribution in [1.82, 2.24) is 25.2 Å². The molecule has 100 valence electrons. The van der Waals surface area contributed by atoms with Gasteiger partial charge in [-0.05, 0) is 42.1 Å². The molecule has 2 rings (SSSR count). The highest BCUT2D eigenvalue weighted by Gasteiger charge is 2.16. The second-order valence-electron chi connectivity index (χ2n) is 3.89. The molecule has 0 atom stereocenters. The first-order valence-electron chi connectivity index (χ1n) is 5.39. The molecule has 0 aliphatic rings. The van der Waals surface area contributed by atoms with E-state index in [4.69, 9.17) is 10.9 Å². The zero-order valence-electron chi connectivity index (χ0n) is 10.7. The van der Waals surface area contributed by atoms with Crippen LogP contribution in [-0.4, -0.2) is 36.2 Å². The zero-order chi connectivity index (χ0) is 14.0. The minimum absolute atomic E-state index is 0.0163. The van der Waals surface area contributed by atoms with E-state index >= 15 is 0 Å². The van der Waals surface area contributed by atoms with Crippen LogP contribution in [-0.2, 0) is 7.05 Å². The first kappa shape index (κ1) is 13.3. The molecule has 0 unspecified atom stereocenters. The number of hydrogen-bond donors (Lipinski definition) is 2. The lowest BCUT2D eigenvalue weighted by atomic mass is 10.1. The van der Waals surface area contributed by atoms with Gasteiger partial charge in [0, 0.05) is 23.3 Å². The zero-order valence-corrected chi connectivity index (χ0v) is 11.5. The maximum Gasteiger partial charge on any atom is 0.213 e. The fourth-order valence-electron chi connectivity index (χ4n) is 1.64. The molecular formula is C10H13N7OS. The summed E-state index contributed by atoms with van der Waals surface area (Å²) in [4.78, 5) is 5.10. The summed E-state index contributed by atoms with van der Waals surface area (Å²) < 4.78 is 1.55. The van der Waals surface area contributed by atoms with Crippen LogP contribution in [0.5, 0.6) is 0 Å². The number of pyridine rings is 1. The van der Waals surface area contributed by atoms with Crippen LogP contribution >= 0.6 is 11.8 Å². The van der Waals surface area contributed by atoms with Crippen LogP contribution in [0.4, 0.5) is 0 Å². The summed E-state index contributed by atoms with van der Waals surface area (Å²) in [6.45, 7) is 3.68. The van der Waals surface area contributed by atoms with Gasteiger partial charge in [0.15, 0.2) is 5.84 Å². The van der Waals surface area contributed by atoms with Crippen LogP contribution in [0.1, 0.15) is 17.0 Å². The van der Waals surface area contributed by atoms with Gasteiger partial charge in [0.1, 0.15) is 0 Å². The standard InChI is InChI=1S/C10H13N7OS/c1-5-4-7(19-10-13-15-16-17(10)3)8(6(2)12-5)9(11)14-18/h4,18H,1-3H3,(H2,11,14).